The van der Waals surface area contributed by atoms with Crippen molar-refractivity contribution in [3.63, 3.8) is 0 Å². The first kappa shape index (κ1) is 13.4. The van der Waals surface area contributed by atoms with Gasteiger partial charge in [-0.25, -0.2) is 9.59 Å². The van der Waals surface area contributed by atoms with E-state index in [1.54, 1.807) is 24.3 Å². The van der Waals surface area contributed by atoms with Crippen LogP contribution in [-0.2, 0) is 7.05 Å². The number of carbonyl (C=O) groups excluding carboxylic acids is 1. The first-order valence-corrected chi connectivity index (χ1v) is 6.51. The van der Waals surface area contributed by atoms with E-state index >= 15 is 0 Å². The van der Waals surface area contributed by atoms with Gasteiger partial charge in [-0.05, 0) is 17.7 Å². The third-order valence-electron chi connectivity index (χ3n) is 3.36. The predicted molar refractivity (Wildman–Crippen MR) is 77.8 cm³/mol. The van der Waals surface area contributed by atoms with E-state index in [4.69, 9.17) is 11.6 Å². The van der Waals surface area contributed by atoms with E-state index in [9.17, 15) is 14.4 Å². The fourth-order valence-electron chi connectivity index (χ4n) is 2.31. The molecule has 21 heavy (non-hydrogen) atoms. The Kier molecular flexibility index (Phi) is 3.06. The number of aromatic nitrogens is 2. The fourth-order valence-corrected chi connectivity index (χ4v) is 2.44. The molecule has 0 saturated carbocycles. The topological polar surface area (TPSA) is 96.0 Å². The molecule has 2 heterocycles. The molecule has 0 spiro atoms. The van der Waals surface area contributed by atoms with Crippen LogP contribution < -0.4 is 21.9 Å². The molecule has 0 bridgehead atoms. The summed E-state index contributed by atoms with van der Waals surface area (Å²) in [6, 6.07) is 5.63. The number of urea groups is 1. The molecule has 1 unspecified atom stereocenters. The molecule has 0 radical (unpaired) electrons. The predicted octanol–water partition coefficient (Wildman–Crippen LogP) is 0.951. The summed E-state index contributed by atoms with van der Waals surface area (Å²) in [5, 5.41) is 5.70. The van der Waals surface area contributed by atoms with E-state index in [0.29, 0.717) is 10.6 Å². The zero-order chi connectivity index (χ0) is 15.1. The van der Waals surface area contributed by atoms with Gasteiger partial charge in [-0.1, -0.05) is 23.7 Å². The number of amides is 2. The van der Waals surface area contributed by atoms with Gasteiger partial charge in [-0.15, -0.1) is 0 Å². The number of carbonyl (C=O) groups is 1. The summed E-state index contributed by atoms with van der Waals surface area (Å²) in [6.45, 7) is 0. The number of halogens is 1. The van der Waals surface area contributed by atoms with Gasteiger partial charge in [0.1, 0.15) is 5.82 Å². The third kappa shape index (κ3) is 2.21. The molecule has 1 aromatic carbocycles. The highest BCUT2D eigenvalue weighted by molar-refractivity contribution is 6.30. The maximum Gasteiger partial charge on any atom is 0.329 e. The van der Waals surface area contributed by atoms with Gasteiger partial charge >= 0.3 is 11.7 Å². The molecular weight excluding hydrogens is 296 g/mol. The Labute approximate surface area is 123 Å². The summed E-state index contributed by atoms with van der Waals surface area (Å²) in [4.78, 5) is 37.7. The highest BCUT2D eigenvalue weighted by Crippen LogP contribution is 2.28. The van der Waals surface area contributed by atoms with Crippen molar-refractivity contribution in [3.8, 4) is 0 Å². The van der Waals surface area contributed by atoms with E-state index in [1.165, 1.54) is 11.6 Å². The van der Waals surface area contributed by atoms with Gasteiger partial charge < -0.3 is 5.32 Å². The first-order chi connectivity index (χ1) is 9.97. The molecular formula is C13H11ClN4O3. The molecule has 7 nitrogen and oxygen atoms in total. The van der Waals surface area contributed by atoms with Gasteiger partial charge in [0.15, 0.2) is 0 Å². The first-order valence-electron chi connectivity index (χ1n) is 6.13. The molecule has 1 atom stereocenters. The van der Waals surface area contributed by atoms with Gasteiger partial charge in [0.2, 0.25) is 0 Å². The van der Waals surface area contributed by atoms with Crippen molar-refractivity contribution in [2.45, 2.75) is 6.04 Å². The van der Waals surface area contributed by atoms with Crippen LogP contribution >= 0.6 is 11.6 Å². The van der Waals surface area contributed by atoms with Crippen LogP contribution in [0.3, 0.4) is 0 Å². The lowest BCUT2D eigenvalue weighted by atomic mass is 9.99. The van der Waals surface area contributed by atoms with E-state index in [0.717, 1.165) is 0 Å². The van der Waals surface area contributed by atoms with Gasteiger partial charge in [0.25, 0.3) is 5.56 Å². The molecule has 2 aromatic rings. The summed E-state index contributed by atoms with van der Waals surface area (Å²) >= 11 is 5.84. The van der Waals surface area contributed by atoms with Gasteiger partial charge in [-0.2, -0.15) is 0 Å². The minimum Gasteiger partial charge on any atom is -0.327 e. The lowest BCUT2D eigenvalue weighted by Crippen LogP contribution is -2.46. The Hall–Kier alpha value is -2.54. The Morgan fingerprint density at radius 3 is 2.48 bits per heavy atom. The van der Waals surface area contributed by atoms with Crippen LogP contribution in [0.2, 0.25) is 5.02 Å². The minimum atomic E-state index is -0.651. The number of hydrogen-bond acceptors (Lipinski definition) is 3. The van der Waals surface area contributed by atoms with Crippen LogP contribution in [0.1, 0.15) is 17.2 Å². The number of hydrogen-bond donors (Lipinski definition) is 3. The standard InChI is InChI=1S/C13H11ClN4O3/c1-18-10-8(11(19)17-13(18)21)9(15-12(20)16-10)6-2-4-7(14)5-3-6/h2-5,9H,1H3,(H2,15,16,20)(H,17,19,21). The number of nitrogens with zero attached hydrogens (tertiary/aromatic N) is 1. The number of nitrogens with one attached hydrogen (secondary N) is 3. The summed E-state index contributed by atoms with van der Waals surface area (Å²) in [5.41, 5.74) is -0.157. The molecule has 1 aliphatic rings. The highest BCUT2D eigenvalue weighted by Gasteiger charge is 2.30. The van der Waals surface area contributed by atoms with Gasteiger partial charge in [0, 0.05) is 12.1 Å². The minimum absolute atomic E-state index is 0.187. The quantitative estimate of drug-likeness (QED) is 0.732. The SMILES string of the molecule is Cn1c2c(c(=O)[nH]c1=O)C(c1ccc(Cl)cc1)NC(=O)N2. The lowest BCUT2D eigenvalue weighted by Gasteiger charge is -2.27. The number of fused-ring (bicyclic) bond motifs is 1. The number of H-pyrrole nitrogens is 1. The van der Waals surface area contributed by atoms with Crippen LogP contribution in [0.4, 0.5) is 10.6 Å². The van der Waals surface area contributed by atoms with Crippen molar-refractivity contribution in [2.75, 3.05) is 5.32 Å². The molecule has 8 heteroatoms. The van der Waals surface area contributed by atoms with Crippen LogP contribution in [0.15, 0.2) is 33.9 Å². The number of rotatable bonds is 1. The number of anilines is 1. The maximum absolute atomic E-state index is 12.1. The zero-order valence-electron chi connectivity index (χ0n) is 10.9. The average Bonchev–Trinajstić information content (AvgIpc) is 2.44. The van der Waals surface area contributed by atoms with Crippen molar-refractivity contribution >= 4 is 23.4 Å². The second kappa shape index (κ2) is 4.78. The molecule has 0 fully saturated rings. The van der Waals surface area contributed by atoms with Crippen molar-refractivity contribution in [1.82, 2.24) is 14.9 Å². The number of benzene rings is 1. The number of aromatic amines is 1. The van der Waals surface area contributed by atoms with E-state index in [1.807, 2.05) is 0 Å². The van der Waals surface area contributed by atoms with E-state index < -0.39 is 23.3 Å². The zero-order valence-corrected chi connectivity index (χ0v) is 11.7. The normalized spacial score (nSPS) is 16.9. The molecule has 0 aliphatic carbocycles. The summed E-state index contributed by atoms with van der Waals surface area (Å²) in [5.74, 6) is 0.187. The maximum atomic E-state index is 12.1. The molecule has 108 valence electrons. The monoisotopic (exact) mass is 306 g/mol. The Bertz CT molecular complexity index is 838. The van der Waals surface area contributed by atoms with Crippen LogP contribution in [0.5, 0.6) is 0 Å². The molecule has 0 saturated heterocycles. The van der Waals surface area contributed by atoms with Crippen LogP contribution in [-0.4, -0.2) is 15.6 Å². The van der Waals surface area contributed by atoms with Gasteiger partial charge in [0.05, 0.1) is 11.6 Å². The summed E-state index contributed by atoms with van der Waals surface area (Å²) < 4.78 is 1.19. The molecule has 3 N–H and O–H groups in total. The van der Waals surface area contributed by atoms with Crippen molar-refractivity contribution < 1.29 is 4.79 Å². The van der Waals surface area contributed by atoms with Crippen LogP contribution in [0, 0.1) is 0 Å². The third-order valence-corrected chi connectivity index (χ3v) is 3.61. The second-order valence-electron chi connectivity index (χ2n) is 4.66. The Balaban J connectivity index is 2.25. The Morgan fingerprint density at radius 2 is 1.81 bits per heavy atom. The molecule has 1 aliphatic heterocycles. The van der Waals surface area contributed by atoms with Crippen LogP contribution in [0.25, 0.3) is 0 Å². The molecule has 1 aromatic heterocycles. The fraction of sp³-hybridized carbons (Fsp3) is 0.154. The lowest BCUT2D eigenvalue weighted by molar-refractivity contribution is 0.248. The summed E-state index contributed by atoms with van der Waals surface area (Å²) in [6.07, 6.45) is 0. The smallest absolute Gasteiger partial charge is 0.327 e. The van der Waals surface area contributed by atoms with E-state index in [2.05, 4.69) is 15.6 Å². The van der Waals surface area contributed by atoms with Crippen molar-refractivity contribution in [3.05, 3.63) is 61.3 Å². The second-order valence-corrected chi connectivity index (χ2v) is 5.10. The van der Waals surface area contributed by atoms with E-state index in [-0.39, 0.29) is 11.4 Å². The Morgan fingerprint density at radius 1 is 1.14 bits per heavy atom. The van der Waals surface area contributed by atoms with Crippen molar-refractivity contribution in [2.24, 2.45) is 7.05 Å². The molecule has 3 rings (SSSR count). The summed E-state index contributed by atoms with van der Waals surface area (Å²) in [7, 11) is 1.47. The largest absolute Gasteiger partial charge is 0.329 e. The van der Waals surface area contributed by atoms with Crippen molar-refractivity contribution in [1.29, 1.82) is 0 Å². The van der Waals surface area contributed by atoms with Gasteiger partial charge in [-0.3, -0.25) is 19.7 Å². The highest BCUT2D eigenvalue weighted by atomic mass is 35.5. The average molecular weight is 307 g/mol. The molecule has 2 amide bonds.